The summed E-state index contributed by atoms with van der Waals surface area (Å²) in [6, 6.07) is 10.6. The molecule has 1 aromatic rings. The highest BCUT2D eigenvalue weighted by Crippen LogP contribution is 2.21. The summed E-state index contributed by atoms with van der Waals surface area (Å²) >= 11 is 0. The normalized spacial score (nSPS) is 17.4. The number of anilines is 1. The van der Waals surface area contributed by atoms with E-state index in [1.807, 2.05) is 0 Å². The molecule has 1 fully saturated rings. The van der Waals surface area contributed by atoms with Gasteiger partial charge in [0.25, 0.3) is 0 Å². The quantitative estimate of drug-likeness (QED) is 0.792. The second-order valence-electron chi connectivity index (χ2n) is 4.55. The predicted octanol–water partition coefficient (Wildman–Crippen LogP) is 2.28. The summed E-state index contributed by atoms with van der Waals surface area (Å²) in [7, 11) is 0. The van der Waals surface area contributed by atoms with Crippen molar-refractivity contribution in [1.82, 2.24) is 5.01 Å². The topological polar surface area (TPSA) is 26.7 Å². The lowest BCUT2D eigenvalue weighted by atomic mass is 10.2. The van der Waals surface area contributed by atoms with E-state index in [4.69, 9.17) is 5.11 Å². The van der Waals surface area contributed by atoms with Gasteiger partial charge in [-0.1, -0.05) is 18.2 Å². The van der Waals surface area contributed by atoms with Crippen molar-refractivity contribution >= 4 is 5.69 Å². The maximum absolute atomic E-state index is 8.85. The standard InChI is InChI=1S/C14H22N2O/c17-13-7-6-11-15-10-4-5-12-16(15)14-8-2-1-3-9-14/h1-3,8-9,17H,4-7,10-13H2. The molecule has 1 aliphatic rings. The third-order valence-electron chi connectivity index (χ3n) is 3.26. The van der Waals surface area contributed by atoms with Crippen LogP contribution in [0.2, 0.25) is 0 Å². The van der Waals surface area contributed by atoms with E-state index in [0.717, 1.165) is 32.5 Å². The third-order valence-corrected chi connectivity index (χ3v) is 3.26. The number of aliphatic hydroxyl groups excluding tert-OH is 1. The Balaban J connectivity index is 1.97. The molecule has 0 atom stereocenters. The smallest absolute Gasteiger partial charge is 0.0522 e. The highest BCUT2D eigenvalue weighted by molar-refractivity contribution is 5.45. The third kappa shape index (κ3) is 3.45. The lowest BCUT2D eigenvalue weighted by Gasteiger charge is -2.40. The van der Waals surface area contributed by atoms with Crippen LogP contribution in [0.3, 0.4) is 0 Å². The molecule has 0 radical (unpaired) electrons. The van der Waals surface area contributed by atoms with Crippen LogP contribution in [0.15, 0.2) is 30.3 Å². The maximum atomic E-state index is 8.85. The lowest BCUT2D eigenvalue weighted by molar-refractivity contribution is 0.199. The zero-order valence-electron chi connectivity index (χ0n) is 10.4. The minimum atomic E-state index is 0.305. The van der Waals surface area contributed by atoms with Gasteiger partial charge in [-0.05, 0) is 37.8 Å². The van der Waals surface area contributed by atoms with Crippen LogP contribution in [0.1, 0.15) is 25.7 Å². The number of benzene rings is 1. The van der Waals surface area contributed by atoms with Gasteiger partial charge in [-0.2, -0.15) is 0 Å². The Bertz CT molecular complexity index is 315. The zero-order valence-corrected chi connectivity index (χ0v) is 10.4. The average Bonchev–Trinajstić information content (AvgIpc) is 2.41. The van der Waals surface area contributed by atoms with Gasteiger partial charge in [0.2, 0.25) is 0 Å². The molecule has 1 saturated heterocycles. The molecule has 0 amide bonds. The van der Waals surface area contributed by atoms with E-state index in [9.17, 15) is 0 Å². The van der Waals surface area contributed by atoms with Crippen molar-refractivity contribution in [2.24, 2.45) is 0 Å². The molecule has 94 valence electrons. The molecule has 1 aromatic carbocycles. The van der Waals surface area contributed by atoms with Crippen molar-refractivity contribution in [3.63, 3.8) is 0 Å². The van der Waals surface area contributed by atoms with Crippen LogP contribution in [0.5, 0.6) is 0 Å². The molecule has 0 bridgehead atoms. The van der Waals surface area contributed by atoms with Crippen molar-refractivity contribution in [2.75, 3.05) is 31.3 Å². The van der Waals surface area contributed by atoms with Crippen LogP contribution in [0, 0.1) is 0 Å². The second kappa shape index (κ2) is 6.62. The molecule has 17 heavy (non-hydrogen) atoms. The van der Waals surface area contributed by atoms with Crippen LogP contribution in [-0.4, -0.2) is 36.4 Å². The first-order valence-electron chi connectivity index (χ1n) is 6.60. The summed E-state index contributed by atoms with van der Waals surface area (Å²) in [5, 5.41) is 13.7. The minimum Gasteiger partial charge on any atom is -0.396 e. The molecule has 0 aromatic heterocycles. The van der Waals surface area contributed by atoms with Crippen LogP contribution in [-0.2, 0) is 0 Å². The van der Waals surface area contributed by atoms with Gasteiger partial charge in [-0.25, -0.2) is 5.01 Å². The van der Waals surface area contributed by atoms with Gasteiger partial charge >= 0.3 is 0 Å². The van der Waals surface area contributed by atoms with Gasteiger partial charge in [0.15, 0.2) is 0 Å². The Hall–Kier alpha value is -1.06. The summed E-state index contributed by atoms with van der Waals surface area (Å²) in [6.07, 6.45) is 4.52. The van der Waals surface area contributed by atoms with Crippen LogP contribution < -0.4 is 5.01 Å². The summed E-state index contributed by atoms with van der Waals surface area (Å²) in [4.78, 5) is 0. The lowest BCUT2D eigenvalue weighted by Crippen LogP contribution is -2.47. The Kier molecular flexibility index (Phi) is 4.83. The van der Waals surface area contributed by atoms with E-state index in [0.29, 0.717) is 6.61 Å². The van der Waals surface area contributed by atoms with E-state index < -0.39 is 0 Å². The van der Waals surface area contributed by atoms with E-state index in [-0.39, 0.29) is 0 Å². The molecule has 1 heterocycles. The summed E-state index contributed by atoms with van der Waals surface area (Å²) in [5.41, 5.74) is 1.29. The molecule has 3 heteroatoms. The van der Waals surface area contributed by atoms with Gasteiger partial charge in [-0.15, -0.1) is 0 Å². The Morgan fingerprint density at radius 3 is 2.53 bits per heavy atom. The number of nitrogens with zero attached hydrogens (tertiary/aromatic N) is 2. The molecule has 2 rings (SSSR count). The average molecular weight is 234 g/mol. The van der Waals surface area contributed by atoms with E-state index >= 15 is 0 Å². The highest BCUT2D eigenvalue weighted by Gasteiger charge is 2.19. The summed E-state index contributed by atoms with van der Waals surface area (Å²) < 4.78 is 0. The highest BCUT2D eigenvalue weighted by atomic mass is 16.2. The minimum absolute atomic E-state index is 0.305. The monoisotopic (exact) mass is 234 g/mol. The molecule has 3 nitrogen and oxygen atoms in total. The molecular weight excluding hydrogens is 212 g/mol. The number of aliphatic hydroxyl groups is 1. The second-order valence-corrected chi connectivity index (χ2v) is 4.55. The van der Waals surface area contributed by atoms with Crippen LogP contribution >= 0.6 is 0 Å². The maximum Gasteiger partial charge on any atom is 0.0522 e. The molecule has 0 saturated carbocycles. The van der Waals surface area contributed by atoms with Gasteiger partial charge in [0.1, 0.15) is 0 Å². The number of rotatable bonds is 5. The fraction of sp³-hybridized carbons (Fsp3) is 0.571. The Morgan fingerprint density at radius 1 is 1.00 bits per heavy atom. The van der Waals surface area contributed by atoms with Crippen LogP contribution in [0.4, 0.5) is 5.69 Å². The number of hydrogen-bond donors (Lipinski definition) is 1. The first-order valence-corrected chi connectivity index (χ1v) is 6.60. The van der Waals surface area contributed by atoms with Crippen molar-refractivity contribution in [3.05, 3.63) is 30.3 Å². The molecule has 1 aliphatic heterocycles. The first-order chi connectivity index (χ1) is 8.42. The molecule has 1 N–H and O–H groups in total. The van der Waals surface area contributed by atoms with E-state index in [1.165, 1.54) is 18.5 Å². The predicted molar refractivity (Wildman–Crippen MR) is 70.9 cm³/mol. The number of hydrogen-bond acceptors (Lipinski definition) is 3. The Morgan fingerprint density at radius 2 is 1.76 bits per heavy atom. The largest absolute Gasteiger partial charge is 0.396 e. The SMILES string of the molecule is OCCCCN1CCCCN1c1ccccc1. The molecular formula is C14H22N2O. The molecule has 0 aliphatic carbocycles. The summed E-state index contributed by atoms with van der Waals surface area (Å²) in [5.74, 6) is 0. The van der Waals surface area contributed by atoms with Gasteiger partial charge in [0, 0.05) is 26.2 Å². The number of hydrazine groups is 1. The van der Waals surface area contributed by atoms with E-state index in [1.54, 1.807) is 0 Å². The van der Waals surface area contributed by atoms with E-state index in [2.05, 4.69) is 40.3 Å². The van der Waals surface area contributed by atoms with Gasteiger partial charge in [-0.3, -0.25) is 0 Å². The van der Waals surface area contributed by atoms with Gasteiger partial charge in [0.05, 0.1) is 5.69 Å². The zero-order chi connectivity index (χ0) is 11.9. The fourth-order valence-corrected chi connectivity index (χ4v) is 2.35. The van der Waals surface area contributed by atoms with Gasteiger partial charge < -0.3 is 10.1 Å². The van der Waals surface area contributed by atoms with Crippen molar-refractivity contribution < 1.29 is 5.11 Å². The number of para-hydroxylation sites is 1. The summed E-state index contributed by atoms with van der Waals surface area (Å²) in [6.45, 7) is 3.61. The molecule has 0 unspecified atom stereocenters. The van der Waals surface area contributed by atoms with Crippen molar-refractivity contribution in [2.45, 2.75) is 25.7 Å². The van der Waals surface area contributed by atoms with Crippen LogP contribution in [0.25, 0.3) is 0 Å². The first kappa shape index (κ1) is 12.4. The molecule has 0 spiro atoms. The Labute approximate surface area is 104 Å². The van der Waals surface area contributed by atoms with Crippen molar-refractivity contribution in [3.8, 4) is 0 Å². The fourth-order valence-electron chi connectivity index (χ4n) is 2.35. The van der Waals surface area contributed by atoms with Crippen molar-refractivity contribution in [1.29, 1.82) is 0 Å². The number of unbranched alkanes of at least 4 members (excludes halogenated alkanes) is 1.